The predicted octanol–water partition coefficient (Wildman–Crippen LogP) is 3.68. The number of carboxylic acid groups (broad SMARTS) is 1. The van der Waals surface area contributed by atoms with E-state index in [1.165, 1.54) is 7.11 Å². The maximum absolute atomic E-state index is 10.5. The average molecular weight is 382 g/mol. The van der Waals surface area contributed by atoms with E-state index >= 15 is 0 Å². The van der Waals surface area contributed by atoms with Gasteiger partial charge in [-0.15, -0.1) is 0 Å². The maximum Gasteiger partial charge on any atom is 0.303 e. The lowest BCUT2D eigenvalue weighted by Gasteiger charge is -2.18. The van der Waals surface area contributed by atoms with Crippen molar-refractivity contribution >= 4 is 11.7 Å². The molecule has 0 unspecified atom stereocenters. The number of oxime groups is 1. The smallest absolute Gasteiger partial charge is 0.303 e. The first kappa shape index (κ1) is 23.4. The van der Waals surface area contributed by atoms with E-state index < -0.39 is 18.2 Å². The molecule has 0 aliphatic heterocycles. The Morgan fingerprint density at radius 3 is 2.78 bits per heavy atom. The summed E-state index contributed by atoms with van der Waals surface area (Å²) in [7, 11) is 1.50. The highest BCUT2D eigenvalue weighted by atomic mass is 16.6. The fraction of sp³-hybridized carbons (Fsp3) is 0.714. The molecule has 4 atom stereocenters. The lowest BCUT2D eigenvalue weighted by Crippen LogP contribution is -2.19. The zero-order chi connectivity index (χ0) is 20.1. The van der Waals surface area contributed by atoms with Crippen LogP contribution in [-0.2, 0) is 9.63 Å². The first-order chi connectivity index (χ1) is 13.0. The quantitative estimate of drug-likeness (QED) is 0.257. The van der Waals surface area contributed by atoms with Crippen LogP contribution in [0, 0.1) is 11.8 Å². The first-order valence-corrected chi connectivity index (χ1v) is 10.0. The number of allylic oxidation sites excluding steroid dienone is 2. The van der Waals surface area contributed by atoms with E-state index in [-0.39, 0.29) is 18.3 Å². The lowest BCUT2D eigenvalue weighted by atomic mass is 9.89. The Labute approximate surface area is 162 Å². The zero-order valence-corrected chi connectivity index (χ0v) is 16.6. The largest absolute Gasteiger partial charge is 0.481 e. The van der Waals surface area contributed by atoms with Gasteiger partial charge in [-0.05, 0) is 25.7 Å². The second kappa shape index (κ2) is 13.5. The molecule has 3 N–H and O–H groups in total. The second-order valence-electron chi connectivity index (χ2n) is 7.16. The number of nitrogens with zero attached hydrogens (tertiary/aromatic N) is 1. The van der Waals surface area contributed by atoms with Crippen LogP contribution in [0.3, 0.4) is 0 Å². The minimum absolute atomic E-state index is 0.0229. The molecular formula is C21H35NO5. The summed E-state index contributed by atoms with van der Waals surface area (Å²) in [4.78, 5) is 15.5. The Morgan fingerprint density at radius 1 is 1.33 bits per heavy atom. The summed E-state index contributed by atoms with van der Waals surface area (Å²) in [6.07, 6.45) is 13.3. The molecule has 1 aliphatic rings. The van der Waals surface area contributed by atoms with Gasteiger partial charge in [0.05, 0.1) is 17.9 Å². The molecule has 6 heteroatoms. The van der Waals surface area contributed by atoms with E-state index in [0.29, 0.717) is 19.3 Å². The van der Waals surface area contributed by atoms with Gasteiger partial charge in [0, 0.05) is 24.7 Å². The van der Waals surface area contributed by atoms with Crippen LogP contribution in [-0.4, -0.2) is 46.3 Å². The summed E-state index contributed by atoms with van der Waals surface area (Å²) in [5.74, 6) is -0.863. The van der Waals surface area contributed by atoms with Crippen molar-refractivity contribution in [3.05, 3.63) is 24.3 Å². The molecule has 0 saturated heterocycles. The summed E-state index contributed by atoms with van der Waals surface area (Å²) >= 11 is 0. The van der Waals surface area contributed by atoms with Gasteiger partial charge in [0.2, 0.25) is 0 Å². The van der Waals surface area contributed by atoms with Crippen LogP contribution in [0.25, 0.3) is 0 Å². The fourth-order valence-corrected chi connectivity index (χ4v) is 3.46. The molecule has 0 aromatic heterocycles. The molecule has 0 heterocycles. The maximum atomic E-state index is 10.5. The summed E-state index contributed by atoms with van der Waals surface area (Å²) < 4.78 is 0. The van der Waals surface area contributed by atoms with Crippen LogP contribution >= 0.6 is 0 Å². The number of hydrogen-bond acceptors (Lipinski definition) is 5. The molecule has 154 valence electrons. The van der Waals surface area contributed by atoms with Gasteiger partial charge in [-0.3, -0.25) is 4.79 Å². The topological polar surface area (TPSA) is 99.4 Å². The van der Waals surface area contributed by atoms with E-state index in [1.807, 2.05) is 18.2 Å². The molecule has 1 saturated carbocycles. The number of hydrogen-bond donors (Lipinski definition) is 3. The van der Waals surface area contributed by atoms with Crippen molar-refractivity contribution in [2.45, 2.75) is 76.9 Å². The number of aliphatic hydroxyl groups is 2. The number of rotatable bonds is 13. The molecule has 1 rings (SSSR count). The second-order valence-corrected chi connectivity index (χ2v) is 7.16. The number of unbranched alkanes of at least 4 members (excludes halogenated alkanes) is 3. The summed E-state index contributed by atoms with van der Waals surface area (Å²) in [6, 6.07) is 0. The van der Waals surface area contributed by atoms with Crippen molar-refractivity contribution in [3.63, 3.8) is 0 Å². The van der Waals surface area contributed by atoms with E-state index in [1.54, 1.807) is 6.08 Å². The monoisotopic (exact) mass is 381 g/mol. The highest BCUT2D eigenvalue weighted by Crippen LogP contribution is 2.34. The third-order valence-electron chi connectivity index (χ3n) is 4.94. The van der Waals surface area contributed by atoms with Crippen molar-refractivity contribution in [3.8, 4) is 0 Å². The SMILES string of the molecule is CCCCC[C@H](O)C=C[C@H]1[C@H](O)CC(=NOC)[C@@H]1CC=CCCCC(=O)O. The van der Waals surface area contributed by atoms with Crippen molar-refractivity contribution in [2.75, 3.05) is 7.11 Å². The van der Waals surface area contributed by atoms with E-state index in [4.69, 9.17) is 9.94 Å². The zero-order valence-electron chi connectivity index (χ0n) is 16.6. The van der Waals surface area contributed by atoms with Gasteiger partial charge in [-0.1, -0.05) is 55.6 Å². The molecule has 0 spiro atoms. The molecule has 0 bridgehead atoms. The third kappa shape index (κ3) is 9.20. The average Bonchev–Trinajstić information content (AvgIpc) is 2.91. The highest BCUT2D eigenvalue weighted by Gasteiger charge is 2.38. The van der Waals surface area contributed by atoms with Crippen LogP contribution in [0.1, 0.15) is 64.7 Å². The van der Waals surface area contributed by atoms with Gasteiger partial charge in [-0.25, -0.2) is 0 Å². The number of aliphatic carboxylic acids is 1. The normalized spacial score (nSPS) is 25.6. The Morgan fingerprint density at radius 2 is 2.11 bits per heavy atom. The van der Waals surface area contributed by atoms with Crippen LogP contribution < -0.4 is 0 Å². The van der Waals surface area contributed by atoms with E-state index in [2.05, 4.69) is 12.1 Å². The summed E-state index contributed by atoms with van der Waals surface area (Å²) in [5.41, 5.74) is 0.829. The summed E-state index contributed by atoms with van der Waals surface area (Å²) in [5, 5.41) is 33.3. The Hall–Kier alpha value is -1.66. The van der Waals surface area contributed by atoms with Crippen LogP contribution in [0.2, 0.25) is 0 Å². The van der Waals surface area contributed by atoms with Crippen LogP contribution in [0.15, 0.2) is 29.5 Å². The highest BCUT2D eigenvalue weighted by molar-refractivity contribution is 5.89. The van der Waals surface area contributed by atoms with Crippen molar-refractivity contribution in [1.82, 2.24) is 0 Å². The lowest BCUT2D eigenvalue weighted by molar-refractivity contribution is -0.137. The van der Waals surface area contributed by atoms with Gasteiger partial charge in [0.15, 0.2) is 0 Å². The van der Waals surface area contributed by atoms with Gasteiger partial charge in [-0.2, -0.15) is 0 Å². The minimum atomic E-state index is -0.778. The Kier molecular flexibility index (Phi) is 11.7. The van der Waals surface area contributed by atoms with E-state index in [0.717, 1.165) is 37.8 Å². The molecule has 27 heavy (non-hydrogen) atoms. The van der Waals surface area contributed by atoms with Crippen LogP contribution in [0.4, 0.5) is 0 Å². The Bertz CT molecular complexity index is 515. The molecule has 0 aromatic rings. The number of aliphatic hydroxyl groups excluding tert-OH is 2. The molecular weight excluding hydrogens is 346 g/mol. The molecule has 0 amide bonds. The van der Waals surface area contributed by atoms with E-state index in [9.17, 15) is 15.0 Å². The fourth-order valence-electron chi connectivity index (χ4n) is 3.46. The van der Waals surface area contributed by atoms with Crippen LogP contribution in [0.5, 0.6) is 0 Å². The standard InChI is InChI=1S/C21H35NO5/c1-3-4-7-10-16(23)13-14-18-17(19(22-27-2)15-20(18)24)11-8-5-6-9-12-21(25)26/h5,8,13-14,16-18,20,23-24H,3-4,6-7,9-12,15H2,1-2H3,(H,25,26)/t16-,17+,18+,20+/m0/s1. The van der Waals surface area contributed by atoms with Crippen molar-refractivity contribution < 1.29 is 25.0 Å². The third-order valence-corrected chi connectivity index (χ3v) is 4.94. The molecule has 0 aromatic carbocycles. The molecule has 1 aliphatic carbocycles. The first-order valence-electron chi connectivity index (χ1n) is 10.0. The number of carbonyl (C=O) groups is 1. The predicted molar refractivity (Wildman–Crippen MR) is 107 cm³/mol. The van der Waals surface area contributed by atoms with Gasteiger partial charge in [0.1, 0.15) is 7.11 Å². The molecule has 0 radical (unpaired) electrons. The Balaban J connectivity index is 2.64. The molecule has 6 nitrogen and oxygen atoms in total. The van der Waals surface area contributed by atoms with Gasteiger partial charge >= 0.3 is 5.97 Å². The summed E-state index contributed by atoms with van der Waals surface area (Å²) in [6.45, 7) is 2.13. The van der Waals surface area contributed by atoms with Gasteiger partial charge < -0.3 is 20.2 Å². The van der Waals surface area contributed by atoms with Crippen molar-refractivity contribution in [1.29, 1.82) is 0 Å². The van der Waals surface area contributed by atoms with Crippen molar-refractivity contribution in [2.24, 2.45) is 17.0 Å². The van der Waals surface area contributed by atoms with Gasteiger partial charge in [0.25, 0.3) is 0 Å². The molecule has 1 fully saturated rings. The number of carboxylic acids is 1. The minimum Gasteiger partial charge on any atom is -0.481 e.